The molecule has 1 heterocycles. The summed E-state index contributed by atoms with van der Waals surface area (Å²) in [5.74, 6) is -0.139. The van der Waals surface area contributed by atoms with Crippen molar-refractivity contribution in [3.8, 4) is 0 Å². The zero-order valence-corrected chi connectivity index (χ0v) is 12.0. The summed E-state index contributed by atoms with van der Waals surface area (Å²) in [5, 5.41) is 4.16. The lowest BCUT2D eigenvalue weighted by atomic mass is 10.1. The van der Waals surface area contributed by atoms with E-state index in [4.69, 9.17) is 4.74 Å². The number of nitrogens with one attached hydrogen (secondary N) is 1. The van der Waals surface area contributed by atoms with E-state index in [2.05, 4.69) is 23.3 Å². The van der Waals surface area contributed by atoms with Crippen LogP contribution < -0.4 is 5.32 Å². The second kappa shape index (κ2) is 6.52. The molecule has 0 radical (unpaired) electrons. The minimum atomic E-state index is -0.139. The molecular weight excluding hydrogens is 260 g/mol. The zero-order valence-electron chi connectivity index (χ0n) is 11.2. The summed E-state index contributed by atoms with van der Waals surface area (Å²) in [5.41, 5.74) is 2.15. The molecule has 0 spiro atoms. The Balaban J connectivity index is 2.06. The molecule has 1 N–H and O–H groups in total. The standard InChI is InChI=1S/C14H18N2O2S/c1-3-15-14-16-11-7-5-10(9-12(11)19-14)6-8-13(17)18-4-2/h5,7,9H,3-4,6,8H2,1-2H3,(H,15,16). The maximum atomic E-state index is 11.3. The van der Waals surface area contributed by atoms with Gasteiger partial charge in [0.05, 0.1) is 16.8 Å². The van der Waals surface area contributed by atoms with Gasteiger partial charge in [0.1, 0.15) is 0 Å². The van der Waals surface area contributed by atoms with E-state index >= 15 is 0 Å². The van der Waals surface area contributed by atoms with Gasteiger partial charge in [-0.05, 0) is 38.0 Å². The SMILES string of the molecule is CCNc1nc2ccc(CCC(=O)OCC)cc2s1. The number of thiazole rings is 1. The minimum absolute atomic E-state index is 0.139. The number of anilines is 1. The molecule has 1 aromatic carbocycles. The van der Waals surface area contributed by atoms with Gasteiger partial charge in [-0.25, -0.2) is 4.98 Å². The van der Waals surface area contributed by atoms with Crippen LogP contribution in [0.2, 0.25) is 0 Å². The molecule has 0 unspecified atom stereocenters. The van der Waals surface area contributed by atoms with Gasteiger partial charge in [-0.2, -0.15) is 0 Å². The van der Waals surface area contributed by atoms with Crippen LogP contribution in [0.3, 0.4) is 0 Å². The van der Waals surface area contributed by atoms with E-state index in [9.17, 15) is 4.79 Å². The van der Waals surface area contributed by atoms with Crippen molar-refractivity contribution in [1.82, 2.24) is 4.98 Å². The average molecular weight is 278 g/mol. The van der Waals surface area contributed by atoms with Crippen molar-refractivity contribution in [2.75, 3.05) is 18.5 Å². The van der Waals surface area contributed by atoms with Crippen LogP contribution >= 0.6 is 11.3 Å². The molecule has 0 aliphatic heterocycles. The number of carbonyl (C=O) groups is 1. The Labute approximate surface area is 116 Å². The minimum Gasteiger partial charge on any atom is -0.466 e. The lowest BCUT2D eigenvalue weighted by Crippen LogP contribution is -2.04. The first-order chi connectivity index (χ1) is 9.22. The van der Waals surface area contributed by atoms with Crippen molar-refractivity contribution in [2.45, 2.75) is 26.7 Å². The van der Waals surface area contributed by atoms with Gasteiger partial charge < -0.3 is 10.1 Å². The van der Waals surface area contributed by atoms with Crippen molar-refractivity contribution < 1.29 is 9.53 Å². The topological polar surface area (TPSA) is 51.2 Å². The maximum absolute atomic E-state index is 11.3. The Morgan fingerprint density at radius 2 is 2.26 bits per heavy atom. The number of aromatic nitrogens is 1. The summed E-state index contributed by atoms with van der Waals surface area (Å²) in [6.07, 6.45) is 1.14. The van der Waals surface area contributed by atoms with E-state index in [-0.39, 0.29) is 5.97 Å². The molecule has 2 aromatic rings. The first kappa shape index (κ1) is 13.8. The molecule has 0 amide bonds. The second-order valence-electron chi connectivity index (χ2n) is 4.16. The lowest BCUT2D eigenvalue weighted by Gasteiger charge is -2.02. The first-order valence-corrected chi connectivity index (χ1v) is 7.33. The predicted octanol–water partition coefficient (Wildman–Crippen LogP) is 3.22. The highest BCUT2D eigenvalue weighted by molar-refractivity contribution is 7.22. The molecule has 0 fully saturated rings. The van der Waals surface area contributed by atoms with E-state index < -0.39 is 0 Å². The average Bonchev–Trinajstić information content (AvgIpc) is 2.78. The number of fused-ring (bicyclic) bond motifs is 1. The normalized spacial score (nSPS) is 10.6. The molecule has 0 saturated carbocycles. The van der Waals surface area contributed by atoms with E-state index in [0.717, 1.165) is 27.5 Å². The summed E-state index contributed by atoms with van der Waals surface area (Å²) in [6, 6.07) is 6.14. The molecule has 19 heavy (non-hydrogen) atoms. The number of ether oxygens (including phenoxy) is 1. The van der Waals surface area contributed by atoms with Crippen molar-refractivity contribution in [3.05, 3.63) is 23.8 Å². The third-order valence-corrected chi connectivity index (χ3v) is 3.68. The third kappa shape index (κ3) is 3.67. The van der Waals surface area contributed by atoms with Gasteiger partial charge in [-0.1, -0.05) is 17.4 Å². The van der Waals surface area contributed by atoms with E-state index in [1.807, 2.05) is 19.1 Å². The lowest BCUT2D eigenvalue weighted by molar-refractivity contribution is -0.143. The van der Waals surface area contributed by atoms with E-state index in [0.29, 0.717) is 19.4 Å². The highest BCUT2D eigenvalue weighted by atomic mass is 32.1. The van der Waals surface area contributed by atoms with Crippen LogP contribution in [-0.2, 0) is 16.0 Å². The number of rotatable bonds is 6. The number of esters is 1. The van der Waals surface area contributed by atoms with Crippen LogP contribution in [0.5, 0.6) is 0 Å². The molecule has 4 nitrogen and oxygen atoms in total. The monoisotopic (exact) mass is 278 g/mol. The fourth-order valence-electron chi connectivity index (χ4n) is 1.83. The van der Waals surface area contributed by atoms with Crippen LogP contribution in [0.1, 0.15) is 25.8 Å². The second-order valence-corrected chi connectivity index (χ2v) is 5.19. The molecule has 102 valence electrons. The molecule has 0 saturated heterocycles. The Kier molecular flexibility index (Phi) is 4.74. The smallest absolute Gasteiger partial charge is 0.306 e. The zero-order chi connectivity index (χ0) is 13.7. The van der Waals surface area contributed by atoms with Crippen LogP contribution in [0, 0.1) is 0 Å². The fourth-order valence-corrected chi connectivity index (χ4v) is 2.83. The Morgan fingerprint density at radius 1 is 1.42 bits per heavy atom. The fraction of sp³-hybridized carbons (Fsp3) is 0.429. The van der Waals surface area contributed by atoms with Gasteiger partial charge in [0, 0.05) is 13.0 Å². The molecule has 0 aliphatic carbocycles. The number of aryl methyl sites for hydroxylation is 1. The first-order valence-electron chi connectivity index (χ1n) is 6.52. The number of hydrogen-bond donors (Lipinski definition) is 1. The highest BCUT2D eigenvalue weighted by Gasteiger charge is 2.06. The maximum Gasteiger partial charge on any atom is 0.306 e. The van der Waals surface area contributed by atoms with Gasteiger partial charge in [0.25, 0.3) is 0 Å². The largest absolute Gasteiger partial charge is 0.466 e. The van der Waals surface area contributed by atoms with Gasteiger partial charge in [0.15, 0.2) is 5.13 Å². The highest BCUT2D eigenvalue weighted by Crippen LogP contribution is 2.27. The third-order valence-electron chi connectivity index (χ3n) is 2.70. The Morgan fingerprint density at radius 3 is 3.00 bits per heavy atom. The molecular formula is C14H18N2O2S. The van der Waals surface area contributed by atoms with Gasteiger partial charge in [-0.15, -0.1) is 0 Å². The number of benzene rings is 1. The summed E-state index contributed by atoms with van der Waals surface area (Å²) in [4.78, 5) is 15.8. The molecule has 0 bridgehead atoms. The Bertz CT molecular complexity index is 566. The Hall–Kier alpha value is -1.62. The summed E-state index contributed by atoms with van der Waals surface area (Å²) >= 11 is 1.64. The summed E-state index contributed by atoms with van der Waals surface area (Å²) in [6.45, 7) is 5.19. The summed E-state index contributed by atoms with van der Waals surface area (Å²) < 4.78 is 6.08. The van der Waals surface area contributed by atoms with Gasteiger partial charge in [-0.3, -0.25) is 4.79 Å². The van der Waals surface area contributed by atoms with Crippen molar-refractivity contribution >= 4 is 32.7 Å². The summed E-state index contributed by atoms with van der Waals surface area (Å²) in [7, 11) is 0. The van der Waals surface area contributed by atoms with Crippen molar-refractivity contribution in [2.24, 2.45) is 0 Å². The van der Waals surface area contributed by atoms with Crippen molar-refractivity contribution in [3.63, 3.8) is 0 Å². The molecule has 0 aliphatic rings. The van der Waals surface area contributed by atoms with E-state index in [1.165, 1.54) is 0 Å². The van der Waals surface area contributed by atoms with Crippen LogP contribution in [0.15, 0.2) is 18.2 Å². The molecule has 1 aromatic heterocycles. The molecule has 5 heteroatoms. The number of carbonyl (C=O) groups excluding carboxylic acids is 1. The van der Waals surface area contributed by atoms with Crippen molar-refractivity contribution in [1.29, 1.82) is 0 Å². The number of nitrogens with zero attached hydrogens (tertiary/aromatic N) is 1. The quantitative estimate of drug-likeness (QED) is 0.824. The molecule has 2 rings (SSSR count). The molecule has 0 atom stereocenters. The van der Waals surface area contributed by atoms with Crippen LogP contribution in [0.25, 0.3) is 10.2 Å². The predicted molar refractivity (Wildman–Crippen MR) is 78.7 cm³/mol. The van der Waals surface area contributed by atoms with Gasteiger partial charge in [0.2, 0.25) is 0 Å². The van der Waals surface area contributed by atoms with E-state index in [1.54, 1.807) is 11.3 Å². The van der Waals surface area contributed by atoms with Gasteiger partial charge >= 0.3 is 5.97 Å². The van der Waals surface area contributed by atoms with Crippen LogP contribution in [0.4, 0.5) is 5.13 Å². The van der Waals surface area contributed by atoms with Crippen LogP contribution in [-0.4, -0.2) is 24.1 Å². The number of hydrogen-bond acceptors (Lipinski definition) is 5.